The van der Waals surface area contributed by atoms with Crippen molar-refractivity contribution >= 4 is 5.91 Å². The molecule has 0 aromatic heterocycles. The fraction of sp³-hybridized carbons (Fsp3) is 0.387. The topological polar surface area (TPSA) is 41.6 Å². The molecular formula is C31H38N2O2. The summed E-state index contributed by atoms with van der Waals surface area (Å²) in [5.74, 6) is 1.29. The van der Waals surface area contributed by atoms with Gasteiger partial charge < -0.3 is 10.1 Å². The van der Waals surface area contributed by atoms with E-state index in [4.69, 9.17) is 4.74 Å². The monoisotopic (exact) mass is 470 g/mol. The third-order valence-electron chi connectivity index (χ3n) is 6.75. The van der Waals surface area contributed by atoms with Crippen LogP contribution in [0, 0.1) is 5.92 Å². The summed E-state index contributed by atoms with van der Waals surface area (Å²) in [7, 11) is 0. The molecule has 4 nitrogen and oxygen atoms in total. The zero-order valence-corrected chi connectivity index (χ0v) is 21.2. The average Bonchev–Trinajstić information content (AvgIpc) is 2.88. The van der Waals surface area contributed by atoms with Crippen LogP contribution < -0.4 is 10.1 Å². The summed E-state index contributed by atoms with van der Waals surface area (Å²) in [6, 6.07) is 27.9. The van der Waals surface area contributed by atoms with Crippen LogP contribution in [0.1, 0.15) is 61.9 Å². The lowest BCUT2D eigenvalue weighted by Crippen LogP contribution is -2.39. The number of fused-ring (bicyclic) bond motifs is 1. The summed E-state index contributed by atoms with van der Waals surface area (Å²) in [5.41, 5.74) is 5.21. The number of nitrogens with zero attached hydrogens (tertiary/aromatic N) is 1. The van der Waals surface area contributed by atoms with Crippen molar-refractivity contribution in [2.75, 3.05) is 13.1 Å². The van der Waals surface area contributed by atoms with Gasteiger partial charge in [-0.1, -0.05) is 87.5 Å². The summed E-state index contributed by atoms with van der Waals surface area (Å²) >= 11 is 0. The smallest absolute Gasteiger partial charge is 0.261 e. The predicted octanol–water partition coefficient (Wildman–Crippen LogP) is 6.15. The highest BCUT2D eigenvalue weighted by molar-refractivity contribution is 5.81. The van der Waals surface area contributed by atoms with Gasteiger partial charge in [0, 0.05) is 19.6 Å². The zero-order chi connectivity index (χ0) is 24.6. The molecule has 1 amide bonds. The third kappa shape index (κ3) is 6.52. The second-order valence-corrected chi connectivity index (χ2v) is 9.87. The van der Waals surface area contributed by atoms with Crippen molar-refractivity contribution in [3.8, 4) is 5.75 Å². The average molecular weight is 471 g/mol. The molecule has 0 bridgehead atoms. The molecule has 0 aliphatic carbocycles. The summed E-state index contributed by atoms with van der Waals surface area (Å²) in [6.45, 7) is 8.90. The van der Waals surface area contributed by atoms with Gasteiger partial charge in [0.2, 0.25) is 0 Å². The van der Waals surface area contributed by atoms with Gasteiger partial charge in [-0.15, -0.1) is 0 Å². The Morgan fingerprint density at radius 2 is 1.74 bits per heavy atom. The van der Waals surface area contributed by atoms with Crippen molar-refractivity contribution in [1.82, 2.24) is 10.2 Å². The molecule has 0 spiro atoms. The highest BCUT2D eigenvalue weighted by Gasteiger charge is 2.29. The number of hydrogen-bond acceptors (Lipinski definition) is 3. The Hall–Kier alpha value is -3.11. The number of ether oxygens (including phenoxy) is 1. The van der Waals surface area contributed by atoms with E-state index in [9.17, 15) is 4.79 Å². The Kier molecular flexibility index (Phi) is 8.59. The van der Waals surface area contributed by atoms with Gasteiger partial charge in [-0.3, -0.25) is 9.69 Å². The highest BCUT2D eigenvalue weighted by Crippen LogP contribution is 2.38. The molecule has 2 unspecified atom stereocenters. The van der Waals surface area contributed by atoms with E-state index >= 15 is 0 Å². The molecular weight excluding hydrogens is 432 g/mol. The van der Waals surface area contributed by atoms with Crippen LogP contribution in [0.2, 0.25) is 0 Å². The minimum atomic E-state index is -0.487. The van der Waals surface area contributed by atoms with Gasteiger partial charge >= 0.3 is 0 Å². The number of carbonyl (C=O) groups is 1. The summed E-state index contributed by atoms with van der Waals surface area (Å²) in [6.07, 6.45) is 2.11. The van der Waals surface area contributed by atoms with E-state index in [-0.39, 0.29) is 11.9 Å². The van der Waals surface area contributed by atoms with Crippen LogP contribution in [0.25, 0.3) is 0 Å². The van der Waals surface area contributed by atoms with E-state index < -0.39 is 6.10 Å². The van der Waals surface area contributed by atoms with E-state index in [1.807, 2.05) is 13.0 Å². The maximum atomic E-state index is 12.7. The maximum absolute atomic E-state index is 12.7. The molecule has 0 saturated heterocycles. The highest BCUT2D eigenvalue weighted by atomic mass is 16.5. The quantitative estimate of drug-likeness (QED) is 0.386. The first-order chi connectivity index (χ1) is 17.0. The lowest BCUT2D eigenvalue weighted by molar-refractivity contribution is -0.128. The van der Waals surface area contributed by atoms with E-state index in [2.05, 4.69) is 96.9 Å². The Labute approximate surface area is 210 Å². The lowest BCUT2D eigenvalue weighted by atomic mass is 9.87. The SMILES string of the molecule is CCC(Oc1ccc2c(c1)C(c1ccccc1)N(Cc1ccccc1)CC2)C(=O)NCCC(C)C. The predicted molar refractivity (Wildman–Crippen MR) is 142 cm³/mol. The molecule has 3 aromatic rings. The molecule has 184 valence electrons. The fourth-order valence-corrected chi connectivity index (χ4v) is 4.82. The van der Waals surface area contributed by atoms with Crippen LogP contribution in [0.15, 0.2) is 78.9 Å². The first kappa shape index (κ1) is 25.0. The van der Waals surface area contributed by atoms with Crippen LogP contribution in [0.4, 0.5) is 0 Å². The lowest BCUT2D eigenvalue weighted by Gasteiger charge is -2.38. The van der Waals surface area contributed by atoms with E-state index in [1.165, 1.54) is 22.3 Å². The van der Waals surface area contributed by atoms with Crippen molar-refractivity contribution in [2.24, 2.45) is 5.92 Å². The molecule has 1 N–H and O–H groups in total. The number of carbonyl (C=O) groups excluding carboxylic acids is 1. The Bertz CT molecular complexity index is 1080. The third-order valence-corrected chi connectivity index (χ3v) is 6.75. The van der Waals surface area contributed by atoms with E-state index in [1.54, 1.807) is 0 Å². The van der Waals surface area contributed by atoms with Crippen molar-refractivity contribution in [2.45, 2.75) is 58.7 Å². The molecule has 1 aliphatic heterocycles. The van der Waals surface area contributed by atoms with E-state index in [0.717, 1.165) is 31.7 Å². The number of rotatable bonds is 10. The Morgan fingerprint density at radius 1 is 1.03 bits per heavy atom. The summed E-state index contributed by atoms with van der Waals surface area (Å²) < 4.78 is 6.26. The maximum Gasteiger partial charge on any atom is 0.261 e. The zero-order valence-electron chi connectivity index (χ0n) is 21.2. The van der Waals surface area contributed by atoms with Crippen LogP contribution in [-0.4, -0.2) is 30.0 Å². The molecule has 1 heterocycles. The first-order valence-corrected chi connectivity index (χ1v) is 12.9. The Morgan fingerprint density at radius 3 is 2.43 bits per heavy atom. The minimum Gasteiger partial charge on any atom is -0.481 e. The fourth-order valence-electron chi connectivity index (χ4n) is 4.82. The van der Waals surface area contributed by atoms with Gasteiger partial charge in [-0.05, 0) is 59.6 Å². The van der Waals surface area contributed by atoms with Crippen molar-refractivity contribution < 1.29 is 9.53 Å². The molecule has 3 aromatic carbocycles. The molecule has 0 fully saturated rings. The Balaban J connectivity index is 1.58. The first-order valence-electron chi connectivity index (χ1n) is 12.9. The second kappa shape index (κ2) is 12.0. The molecule has 4 rings (SSSR count). The summed E-state index contributed by atoms with van der Waals surface area (Å²) in [4.78, 5) is 15.3. The largest absolute Gasteiger partial charge is 0.481 e. The van der Waals surface area contributed by atoms with Crippen LogP contribution in [0.3, 0.4) is 0 Å². The van der Waals surface area contributed by atoms with Gasteiger partial charge in [0.05, 0.1) is 6.04 Å². The van der Waals surface area contributed by atoms with Gasteiger partial charge in [0.1, 0.15) is 5.75 Å². The number of hydrogen-bond donors (Lipinski definition) is 1. The molecule has 0 saturated carbocycles. The van der Waals surface area contributed by atoms with E-state index in [0.29, 0.717) is 18.9 Å². The van der Waals surface area contributed by atoms with Gasteiger partial charge in [-0.2, -0.15) is 0 Å². The number of benzene rings is 3. The van der Waals surface area contributed by atoms with Crippen molar-refractivity contribution in [1.29, 1.82) is 0 Å². The second-order valence-electron chi connectivity index (χ2n) is 9.87. The molecule has 0 radical (unpaired) electrons. The van der Waals surface area contributed by atoms with Gasteiger partial charge in [0.25, 0.3) is 5.91 Å². The molecule has 2 atom stereocenters. The molecule has 1 aliphatic rings. The van der Waals surface area contributed by atoms with Gasteiger partial charge in [-0.25, -0.2) is 0 Å². The molecule has 4 heteroatoms. The summed E-state index contributed by atoms with van der Waals surface area (Å²) in [5, 5.41) is 3.04. The minimum absolute atomic E-state index is 0.0313. The van der Waals surface area contributed by atoms with Gasteiger partial charge in [0.15, 0.2) is 6.10 Å². The van der Waals surface area contributed by atoms with Crippen LogP contribution >= 0.6 is 0 Å². The normalized spacial score (nSPS) is 16.5. The van der Waals surface area contributed by atoms with Crippen LogP contribution in [-0.2, 0) is 17.8 Å². The number of amides is 1. The molecule has 35 heavy (non-hydrogen) atoms. The number of nitrogens with one attached hydrogen (secondary N) is 1. The van der Waals surface area contributed by atoms with Crippen molar-refractivity contribution in [3.63, 3.8) is 0 Å². The van der Waals surface area contributed by atoms with Crippen molar-refractivity contribution in [3.05, 3.63) is 101 Å². The van der Waals surface area contributed by atoms with Crippen LogP contribution in [0.5, 0.6) is 5.75 Å². The standard InChI is InChI=1S/C31H38N2O2/c1-4-29(31(34)32-19-17-23(2)3)35-27-16-15-25-18-20-33(22-24-11-7-5-8-12-24)30(28(25)21-27)26-13-9-6-10-14-26/h5-16,21,23,29-30H,4,17-20,22H2,1-3H3,(H,32,34).